The Bertz CT molecular complexity index is 1350. The first kappa shape index (κ1) is 25.8. The molecule has 0 amide bonds. The highest BCUT2D eigenvalue weighted by molar-refractivity contribution is 7.89. The van der Waals surface area contributed by atoms with Crippen LogP contribution in [0.15, 0.2) is 72.0 Å². The lowest BCUT2D eigenvalue weighted by atomic mass is 10.0. The van der Waals surface area contributed by atoms with Gasteiger partial charge in [0.2, 0.25) is 15.7 Å². The summed E-state index contributed by atoms with van der Waals surface area (Å²) in [5.74, 6) is -1.12. The normalized spacial score (nSPS) is 18.9. The predicted octanol–water partition coefficient (Wildman–Crippen LogP) is 3.82. The van der Waals surface area contributed by atoms with Crippen LogP contribution in [0.4, 0.5) is 22.0 Å². The maximum Gasteiger partial charge on any atom is 0.416 e. The molecule has 12 heteroatoms. The molecule has 1 aliphatic heterocycles. The Kier molecular flexibility index (Phi) is 7.19. The van der Waals surface area contributed by atoms with Gasteiger partial charge in [0, 0.05) is 55.5 Å². The van der Waals surface area contributed by atoms with Gasteiger partial charge in [0.1, 0.15) is 12.0 Å². The number of hydrogen-bond donors (Lipinski definition) is 0. The third kappa shape index (κ3) is 5.59. The van der Waals surface area contributed by atoms with Crippen LogP contribution in [-0.2, 0) is 27.4 Å². The number of sulfonamides is 1. The van der Waals surface area contributed by atoms with Crippen molar-refractivity contribution < 1.29 is 39.7 Å². The molecule has 0 bridgehead atoms. The Morgan fingerprint density at radius 2 is 1.75 bits per heavy atom. The van der Waals surface area contributed by atoms with Gasteiger partial charge in [-0.05, 0) is 30.7 Å². The quantitative estimate of drug-likeness (QED) is 0.347. The second-order valence-electron chi connectivity index (χ2n) is 8.34. The Morgan fingerprint density at radius 3 is 2.39 bits per heavy atom. The number of carbonyl (C=O) groups is 1. The summed E-state index contributed by atoms with van der Waals surface area (Å²) in [5, 5.41) is 0. The zero-order valence-corrected chi connectivity index (χ0v) is 19.5. The first-order chi connectivity index (χ1) is 16.9. The molecular formula is C24H21F5N3O3S+. The molecule has 3 aromatic rings. The van der Waals surface area contributed by atoms with Crippen molar-refractivity contribution in [1.82, 2.24) is 9.29 Å². The van der Waals surface area contributed by atoms with E-state index in [-0.39, 0.29) is 24.2 Å². The second kappa shape index (κ2) is 10.0. The Hall–Kier alpha value is -3.25. The molecule has 1 saturated heterocycles. The number of rotatable bonds is 7. The molecule has 0 N–H and O–H groups in total. The van der Waals surface area contributed by atoms with Crippen LogP contribution in [0.2, 0.25) is 0 Å². The molecule has 0 spiro atoms. The minimum Gasteiger partial charge on any atom is -0.298 e. The van der Waals surface area contributed by atoms with Gasteiger partial charge in [-0.1, -0.05) is 0 Å². The third-order valence-electron chi connectivity index (χ3n) is 5.88. The van der Waals surface area contributed by atoms with Gasteiger partial charge < -0.3 is 0 Å². The van der Waals surface area contributed by atoms with Gasteiger partial charge in [0.15, 0.2) is 18.2 Å². The number of carbonyl (C=O) groups excluding carboxylic acids is 1. The van der Waals surface area contributed by atoms with Crippen molar-refractivity contribution in [2.24, 2.45) is 0 Å². The molecule has 1 fully saturated rings. The van der Waals surface area contributed by atoms with Crippen LogP contribution in [0.5, 0.6) is 0 Å². The summed E-state index contributed by atoms with van der Waals surface area (Å²) in [6.45, 7) is -0.478. The number of ketones is 1. The molecule has 4 rings (SSSR count). The summed E-state index contributed by atoms with van der Waals surface area (Å²) < 4.78 is 94.0. The lowest BCUT2D eigenvalue weighted by Gasteiger charge is -2.22. The molecule has 0 aliphatic carbocycles. The fourth-order valence-corrected chi connectivity index (χ4v) is 5.67. The van der Waals surface area contributed by atoms with Gasteiger partial charge in [0.05, 0.1) is 16.5 Å². The highest BCUT2D eigenvalue weighted by Crippen LogP contribution is 2.30. The fourth-order valence-electron chi connectivity index (χ4n) is 4.02. The number of pyridine rings is 2. The minimum absolute atomic E-state index is 0.117. The largest absolute Gasteiger partial charge is 0.416 e. The number of aromatic nitrogens is 2. The van der Waals surface area contributed by atoms with E-state index >= 15 is 0 Å². The molecule has 0 unspecified atom stereocenters. The van der Waals surface area contributed by atoms with Gasteiger partial charge in [0.25, 0.3) is 0 Å². The lowest BCUT2D eigenvalue weighted by molar-refractivity contribution is -0.596. The summed E-state index contributed by atoms with van der Waals surface area (Å²) in [5.41, 5.74) is 0.184. The standard InChI is InChI=1S/C24H21F5N3O3S/c25-17-1-4-21(5-2-17)36(34,35)32-15-18(26)13-22(32)23(33)6-3-19-14-20(7-10-30-19)31-11-8-16(9-12-31)24(27,28)29/h1-2,4-5,7-12,14,18,22H,3,6,13,15H2/q+1/t18-,22+/m1/s1. The van der Waals surface area contributed by atoms with Gasteiger partial charge >= 0.3 is 6.18 Å². The van der Waals surface area contributed by atoms with Crippen molar-refractivity contribution in [3.63, 3.8) is 0 Å². The number of Topliss-reactive ketones (excluding diaryl/α,β-unsaturated/α-hetero) is 1. The van der Waals surface area contributed by atoms with E-state index in [1.807, 2.05) is 0 Å². The number of hydrogen-bond acceptors (Lipinski definition) is 4. The van der Waals surface area contributed by atoms with E-state index < -0.39 is 52.1 Å². The summed E-state index contributed by atoms with van der Waals surface area (Å²) >= 11 is 0. The first-order valence-corrected chi connectivity index (χ1v) is 12.4. The summed E-state index contributed by atoms with van der Waals surface area (Å²) in [7, 11) is -4.22. The molecule has 6 nitrogen and oxygen atoms in total. The monoisotopic (exact) mass is 526 g/mol. The van der Waals surface area contributed by atoms with E-state index in [4.69, 9.17) is 0 Å². The van der Waals surface area contributed by atoms with E-state index in [2.05, 4.69) is 4.98 Å². The SMILES string of the molecule is O=C(CCc1cc(-[n+]2ccc(C(F)(F)F)cc2)ccn1)[C@@H]1C[C@@H](F)CN1S(=O)(=O)c1ccc(F)cc1. The van der Waals surface area contributed by atoms with Gasteiger partial charge in [-0.3, -0.25) is 9.78 Å². The summed E-state index contributed by atoms with van der Waals surface area (Å²) in [6, 6.07) is 7.92. The van der Waals surface area contributed by atoms with Gasteiger partial charge in [-0.25, -0.2) is 17.2 Å². The van der Waals surface area contributed by atoms with Crippen molar-refractivity contribution >= 4 is 15.8 Å². The van der Waals surface area contributed by atoms with Crippen LogP contribution in [0.1, 0.15) is 24.1 Å². The minimum atomic E-state index is -4.46. The van der Waals surface area contributed by atoms with E-state index in [9.17, 15) is 35.2 Å². The number of aryl methyl sites for hydroxylation is 1. The lowest BCUT2D eigenvalue weighted by Crippen LogP contribution is -2.40. The van der Waals surface area contributed by atoms with Crippen LogP contribution in [0.25, 0.3) is 5.69 Å². The maximum absolute atomic E-state index is 14.2. The molecule has 0 saturated carbocycles. The van der Waals surface area contributed by atoms with E-state index in [1.165, 1.54) is 23.2 Å². The summed E-state index contributed by atoms with van der Waals surface area (Å²) in [6.07, 6.45) is -2.32. The number of benzene rings is 1. The van der Waals surface area contributed by atoms with E-state index in [0.717, 1.165) is 40.7 Å². The Labute approximate surface area is 204 Å². The van der Waals surface area contributed by atoms with Crippen molar-refractivity contribution in [2.75, 3.05) is 6.54 Å². The third-order valence-corrected chi connectivity index (χ3v) is 7.77. The zero-order chi connectivity index (χ0) is 26.1. The molecular weight excluding hydrogens is 505 g/mol. The van der Waals surface area contributed by atoms with Crippen LogP contribution in [0, 0.1) is 5.82 Å². The van der Waals surface area contributed by atoms with Crippen LogP contribution in [-0.4, -0.2) is 42.2 Å². The average Bonchev–Trinajstić information content (AvgIpc) is 3.25. The predicted molar refractivity (Wildman–Crippen MR) is 118 cm³/mol. The van der Waals surface area contributed by atoms with E-state index in [0.29, 0.717) is 11.4 Å². The Balaban J connectivity index is 1.46. The molecule has 2 aromatic heterocycles. The molecule has 36 heavy (non-hydrogen) atoms. The first-order valence-electron chi connectivity index (χ1n) is 10.9. The number of alkyl halides is 4. The number of halogens is 5. The van der Waals surface area contributed by atoms with Crippen LogP contribution < -0.4 is 4.57 Å². The molecule has 0 radical (unpaired) electrons. The van der Waals surface area contributed by atoms with Gasteiger partial charge in [-0.2, -0.15) is 22.0 Å². The average molecular weight is 527 g/mol. The summed E-state index contributed by atoms with van der Waals surface area (Å²) in [4.78, 5) is 16.9. The highest BCUT2D eigenvalue weighted by atomic mass is 32.2. The molecule has 190 valence electrons. The van der Waals surface area contributed by atoms with E-state index in [1.54, 1.807) is 12.1 Å². The number of nitrogens with zero attached hydrogens (tertiary/aromatic N) is 3. The molecule has 1 aliphatic rings. The topological polar surface area (TPSA) is 71.2 Å². The second-order valence-corrected chi connectivity index (χ2v) is 10.2. The Morgan fingerprint density at radius 1 is 1.08 bits per heavy atom. The van der Waals surface area contributed by atoms with Crippen molar-refractivity contribution in [3.8, 4) is 5.69 Å². The highest BCUT2D eigenvalue weighted by Gasteiger charge is 2.43. The molecule has 1 aromatic carbocycles. The van der Waals surface area contributed by atoms with Gasteiger partial charge in [-0.15, -0.1) is 0 Å². The van der Waals surface area contributed by atoms with Crippen molar-refractivity contribution in [1.29, 1.82) is 0 Å². The van der Waals surface area contributed by atoms with Crippen LogP contribution >= 0.6 is 0 Å². The van der Waals surface area contributed by atoms with Crippen LogP contribution in [0.3, 0.4) is 0 Å². The zero-order valence-electron chi connectivity index (χ0n) is 18.7. The smallest absolute Gasteiger partial charge is 0.298 e. The molecule has 3 heterocycles. The maximum atomic E-state index is 14.2. The fraction of sp³-hybridized carbons (Fsp3) is 0.292. The van der Waals surface area contributed by atoms with Crippen molar-refractivity contribution in [2.45, 2.75) is 42.5 Å². The van der Waals surface area contributed by atoms with Crippen molar-refractivity contribution in [3.05, 3.63) is 84.2 Å². The molecule has 2 atom stereocenters.